The second-order valence-electron chi connectivity index (χ2n) is 4.11. The molecule has 0 saturated carbocycles. The highest BCUT2D eigenvalue weighted by atomic mass is 35.5. The van der Waals surface area contributed by atoms with Gasteiger partial charge in [0.2, 0.25) is 0 Å². The normalized spacial score (nSPS) is 25.9. The van der Waals surface area contributed by atoms with Crippen molar-refractivity contribution in [2.45, 2.75) is 6.92 Å². The van der Waals surface area contributed by atoms with Crippen LogP contribution in [0.4, 0.5) is 0 Å². The first-order valence-electron chi connectivity index (χ1n) is 5.82. The van der Waals surface area contributed by atoms with Crippen LogP contribution in [0.2, 0.25) is 0 Å². The van der Waals surface area contributed by atoms with Gasteiger partial charge in [0.15, 0.2) is 0 Å². The van der Waals surface area contributed by atoms with Crippen molar-refractivity contribution in [1.82, 2.24) is 4.90 Å². The molecular formula is C14H20ClNO2. The lowest BCUT2D eigenvalue weighted by Gasteiger charge is -2.22. The average Bonchev–Trinajstić information content (AvgIpc) is 2.39. The third-order valence-electron chi connectivity index (χ3n) is 2.72. The lowest BCUT2D eigenvalue weighted by atomic mass is 10.2. The molecule has 0 aliphatic carbocycles. The Hall–Kier alpha value is -1.19. The van der Waals surface area contributed by atoms with Crippen LogP contribution in [0.15, 0.2) is 46.9 Å². The number of hydrogen-bond donors (Lipinski definition) is 0. The van der Waals surface area contributed by atoms with E-state index in [1.165, 1.54) is 0 Å². The van der Waals surface area contributed by atoms with E-state index in [0.717, 1.165) is 17.0 Å². The second-order valence-corrected chi connectivity index (χ2v) is 4.49. The van der Waals surface area contributed by atoms with Crippen LogP contribution in [-0.2, 0) is 9.47 Å². The van der Waals surface area contributed by atoms with Crippen LogP contribution >= 0.6 is 11.6 Å². The van der Waals surface area contributed by atoms with Gasteiger partial charge in [-0.25, -0.2) is 0 Å². The van der Waals surface area contributed by atoms with E-state index in [1.807, 2.05) is 37.1 Å². The lowest BCUT2D eigenvalue weighted by molar-refractivity contribution is 0.102. The number of ether oxygens (including phenoxy) is 2. The zero-order valence-electron chi connectivity index (χ0n) is 11.2. The van der Waals surface area contributed by atoms with E-state index in [-0.39, 0.29) is 0 Å². The SMILES string of the molecule is C=C1/C=C\C=C(\OCCOC)CN(C)/C(C)=C\1Cl. The van der Waals surface area contributed by atoms with Crippen molar-refractivity contribution in [1.29, 1.82) is 0 Å². The standard InChI is InChI=1S/C14H20ClNO2/c1-11-6-5-7-13(18-9-8-17-4)10-16(3)12(2)14(11)15/h5-7H,1,8-10H2,2-4H3/b6-5-,13-7+,14-12+. The van der Waals surface area contributed by atoms with Gasteiger partial charge in [0, 0.05) is 19.9 Å². The number of halogens is 1. The molecule has 0 amide bonds. The van der Waals surface area contributed by atoms with E-state index in [1.54, 1.807) is 7.11 Å². The molecule has 0 radical (unpaired) electrons. The first kappa shape index (κ1) is 14.9. The minimum atomic E-state index is 0.543. The van der Waals surface area contributed by atoms with Crippen molar-refractivity contribution in [3.05, 3.63) is 46.9 Å². The molecule has 0 bridgehead atoms. The summed E-state index contributed by atoms with van der Waals surface area (Å²) in [5.41, 5.74) is 1.78. The largest absolute Gasteiger partial charge is 0.494 e. The van der Waals surface area contributed by atoms with Crippen molar-refractivity contribution < 1.29 is 9.47 Å². The van der Waals surface area contributed by atoms with Gasteiger partial charge < -0.3 is 14.4 Å². The maximum atomic E-state index is 6.24. The van der Waals surface area contributed by atoms with Crippen molar-refractivity contribution in [2.24, 2.45) is 0 Å². The first-order chi connectivity index (χ1) is 8.56. The lowest BCUT2D eigenvalue weighted by Crippen LogP contribution is -2.21. The summed E-state index contributed by atoms with van der Waals surface area (Å²) in [5.74, 6) is 0.879. The van der Waals surface area contributed by atoms with Gasteiger partial charge in [0.1, 0.15) is 12.4 Å². The van der Waals surface area contributed by atoms with E-state index in [0.29, 0.717) is 24.8 Å². The van der Waals surface area contributed by atoms with Gasteiger partial charge >= 0.3 is 0 Å². The third-order valence-corrected chi connectivity index (χ3v) is 3.24. The number of nitrogens with zero attached hydrogens (tertiary/aromatic N) is 1. The fourth-order valence-corrected chi connectivity index (χ4v) is 1.71. The Kier molecular flexibility index (Phi) is 6.02. The minimum Gasteiger partial charge on any atom is -0.494 e. The maximum absolute atomic E-state index is 6.24. The van der Waals surface area contributed by atoms with Gasteiger partial charge in [-0.15, -0.1) is 0 Å². The van der Waals surface area contributed by atoms with E-state index < -0.39 is 0 Å². The zero-order valence-corrected chi connectivity index (χ0v) is 12.0. The Balaban J connectivity index is 2.82. The number of hydrogen-bond acceptors (Lipinski definition) is 3. The van der Waals surface area contributed by atoms with Gasteiger partial charge in [0.25, 0.3) is 0 Å². The molecule has 0 aromatic rings. The Bertz CT molecular complexity index is 397. The second kappa shape index (κ2) is 7.29. The summed E-state index contributed by atoms with van der Waals surface area (Å²) in [6, 6.07) is 0. The van der Waals surface area contributed by atoms with E-state index in [2.05, 4.69) is 6.58 Å². The Labute approximate surface area is 114 Å². The molecule has 4 heteroatoms. The van der Waals surface area contributed by atoms with Gasteiger partial charge in [-0.05, 0) is 18.6 Å². The number of allylic oxidation sites excluding steroid dienone is 6. The molecule has 1 rings (SSSR count). The average molecular weight is 270 g/mol. The van der Waals surface area contributed by atoms with Crippen LogP contribution in [0.3, 0.4) is 0 Å². The summed E-state index contributed by atoms with van der Waals surface area (Å²) < 4.78 is 10.6. The Morgan fingerprint density at radius 2 is 2.17 bits per heavy atom. The minimum absolute atomic E-state index is 0.543. The van der Waals surface area contributed by atoms with E-state index >= 15 is 0 Å². The summed E-state index contributed by atoms with van der Waals surface area (Å²) in [5, 5.41) is 0.681. The van der Waals surface area contributed by atoms with E-state index in [4.69, 9.17) is 21.1 Å². The van der Waals surface area contributed by atoms with Crippen molar-refractivity contribution in [3.8, 4) is 0 Å². The molecule has 3 nitrogen and oxygen atoms in total. The molecule has 0 atom stereocenters. The predicted molar refractivity (Wildman–Crippen MR) is 75.4 cm³/mol. The molecular weight excluding hydrogens is 250 g/mol. The molecule has 0 unspecified atom stereocenters. The van der Waals surface area contributed by atoms with Crippen LogP contribution in [0.5, 0.6) is 0 Å². The van der Waals surface area contributed by atoms with Gasteiger partial charge in [-0.3, -0.25) is 0 Å². The summed E-state index contributed by atoms with van der Waals surface area (Å²) >= 11 is 6.24. The topological polar surface area (TPSA) is 21.7 Å². The van der Waals surface area contributed by atoms with Crippen molar-refractivity contribution in [2.75, 3.05) is 33.9 Å². The van der Waals surface area contributed by atoms with E-state index in [9.17, 15) is 0 Å². The molecule has 0 spiro atoms. The Morgan fingerprint density at radius 3 is 2.83 bits per heavy atom. The smallest absolute Gasteiger partial charge is 0.115 e. The fraction of sp³-hybridized carbons (Fsp3) is 0.429. The highest BCUT2D eigenvalue weighted by Gasteiger charge is 2.11. The molecule has 1 aliphatic rings. The molecule has 0 aromatic heterocycles. The number of methoxy groups -OCH3 is 1. The molecule has 1 heterocycles. The van der Waals surface area contributed by atoms with Gasteiger partial charge in [-0.2, -0.15) is 0 Å². The summed E-state index contributed by atoms with van der Waals surface area (Å²) in [4.78, 5) is 2.04. The molecule has 0 aromatic carbocycles. The zero-order chi connectivity index (χ0) is 13.5. The van der Waals surface area contributed by atoms with Gasteiger partial charge in [0.05, 0.1) is 18.2 Å². The van der Waals surface area contributed by atoms with Crippen molar-refractivity contribution in [3.63, 3.8) is 0 Å². The summed E-state index contributed by atoms with van der Waals surface area (Å²) in [6.45, 7) is 7.69. The van der Waals surface area contributed by atoms with Crippen LogP contribution in [0.1, 0.15) is 6.92 Å². The number of rotatable bonds is 4. The summed E-state index contributed by atoms with van der Waals surface area (Å²) in [7, 11) is 3.63. The van der Waals surface area contributed by atoms with Crippen LogP contribution < -0.4 is 0 Å². The van der Waals surface area contributed by atoms with Crippen LogP contribution in [-0.4, -0.2) is 38.8 Å². The van der Waals surface area contributed by atoms with Gasteiger partial charge in [-0.1, -0.05) is 30.3 Å². The highest BCUT2D eigenvalue weighted by Crippen LogP contribution is 2.23. The van der Waals surface area contributed by atoms with Crippen LogP contribution in [0, 0.1) is 0 Å². The Morgan fingerprint density at radius 1 is 1.44 bits per heavy atom. The predicted octanol–water partition coefficient (Wildman–Crippen LogP) is 3.06. The first-order valence-corrected chi connectivity index (χ1v) is 6.19. The molecule has 18 heavy (non-hydrogen) atoms. The molecule has 0 fully saturated rings. The third kappa shape index (κ3) is 4.24. The number of likely N-dealkylation sites (N-methyl/N-ethyl adjacent to an activating group) is 1. The monoisotopic (exact) mass is 269 g/mol. The molecule has 0 saturated heterocycles. The quantitative estimate of drug-likeness (QED) is 0.732. The van der Waals surface area contributed by atoms with Crippen molar-refractivity contribution >= 4 is 11.6 Å². The molecule has 1 aliphatic heterocycles. The molecule has 0 N–H and O–H groups in total. The summed E-state index contributed by atoms with van der Waals surface area (Å²) in [6.07, 6.45) is 5.71. The highest BCUT2D eigenvalue weighted by molar-refractivity contribution is 6.32. The van der Waals surface area contributed by atoms with Crippen LogP contribution in [0.25, 0.3) is 0 Å². The molecule has 100 valence electrons. The fourth-order valence-electron chi connectivity index (χ4n) is 1.50. The maximum Gasteiger partial charge on any atom is 0.115 e.